The summed E-state index contributed by atoms with van der Waals surface area (Å²) in [5, 5.41) is 19.7. The van der Waals surface area contributed by atoms with E-state index in [2.05, 4.69) is 71.9 Å². The van der Waals surface area contributed by atoms with E-state index in [1.165, 1.54) is 34.3 Å². The van der Waals surface area contributed by atoms with Crippen LogP contribution in [0.3, 0.4) is 0 Å². The molecule has 0 bridgehead atoms. The molecule has 0 spiro atoms. The second-order valence-corrected chi connectivity index (χ2v) is 10.4. The first kappa shape index (κ1) is 30.6. The van der Waals surface area contributed by atoms with Crippen molar-refractivity contribution >= 4 is 0 Å². The van der Waals surface area contributed by atoms with Gasteiger partial charge in [-0.15, -0.1) is 0 Å². The van der Waals surface area contributed by atoms with Crippen molar-refractivity contribution in [1.82, 2.24) is 0 Å². The van der Waals surface area contributed by atoms with Gasteiger partial charge in [0.1, 0.15) is 0 Å². The first-order valence-corrected chi connectivity index (χ1v) is 12.6. The molecule has 32 heavy (non-hydrogen) atoms. The normalized spacial score (nSPS) is 15.2. The lowest BCUT2D eigenvalue weighted by atomic mass is 9.95. The minimum Gasteiger partial charge on any atom is -0.390 e. The van der Waals surface area contributed by atoms with Crippen molar-refractivity contribution in [3.8, 4) is 0 Å². The Labute approximate surface area is 199 Å². The van der Waals surface area contributed by atoms with E-state index < -0.39 is 11.7 Å². The van der Waals surface area contributed by atoms with Crippen LogP contribution in [0.1, 0.15) is 120 Å². The maximum Gasteiger partial charge on any atom is 0.0849 e. The van der Waals surface area contributed by atoms with E-state index >= 15 is 0 Å². The summed E-state index contributed by atoms with van der Waals surface area (Å²) in [5.41, 5.74) is 6.13. The number of hydrogen-bond donors (Lipinski definition) is 2. The first-order chi connectivity index (χ1) is 14.9. The van der Waals surface area contributed by atoms with Crippen molar-refractivity contribution in [3.63, 3.8) is 0 Å². The standard InChI is InChI=1S/C30H52O2/c1-24(2)14-11-17-27(5)20-12-18-25(3)15-9-10-16-26(4)19-13-21-28(6)22-23-29(31)30(7,8)32/h14-16,20-21,29,31-32H,9-13,17-19,22-23H2,1-8H3/b25-15+,26-16+,27-20+,28-21+/t29-/m0/s1. The van der Waals surface area contributed by atoms with E-state index in [0.717, 1.165) is 51.4 Å². The summed E-state index contributed by atoms with van der Waals surface area (Å²) in [5.74, 6) is 0. The third-order valence-corrected chi connectivity index (χ3v) is 5.93. The third kappa shape index (κ3) is 18.2. The van der Waals surface area contributed by atoms with E-state index in [9.17, 15) is 10.2 Å². The Kier molecular flexibility index (Phi) is 16.4. The Morgan fingerprint density at radius 3 is 1.31 bits per heavy atom. The maximum atomic E-state index is 9.93. The molecule has 0 aliphatic rings. The smallest absolute Gasteiger partial charge is 0.0849 e. The molecule has 0 saturated carbocycles. The van der Waals surface area contributed by atoms with E-state index in [0.29, 0.717) is 6.42 Å². The molecule has 2 heteroatoms. The molecule has 0 aliphatic heterocycles. The minimum absolute atomic E-state index is 0.609. The van der Waals surface area contributed by atoms with E-state index in [1.807, 2.05) is 0 Å². The molecular weight excluding hydrogens is 392 g/mol. The molecule has 0 aliphatic carbocycles. The fourth-order valence-corrected chi connectivity index (χ4v) is 3.47. The SMILES string of the molecule is CC(C)=CCC/C(C)=C/CC/C(C)=C/CC/C=C(\C)CC/C=C(\C)CC[C@H](O)C(C)(C)O. The monoisotopic (exact) mass is 444 g/mol. The molecule has 184 valence electrons. The van der Waals surface area contributed by atoms with Crippen LogP contribution in [0.15, 0.2) is 58.2 Å². The Balaban J connectivity index is 4.11. The van der Waals surface area contributed by atoms with Gasteiger partial charge in [-0.3, -0.25) is 0 Å². The summed E-state index contributed by atoms with van der Waals surface area (Å²) in [6.45, 7) is 16.5. The average molecular weight is 445 g/mol. The Bertz CT molecular complexity index is 661. The molecule has 2 nitrogen and oxygen atoms in total. The quantitative estimate of drug-likeness (QED) is 0.184. The van der Waals surface area contributed by atoms with Crippen molar-refractivity contribution in [1.29, 1.82) is 0 Å². The van der Waals surface area contributed by atoms with E-state index in [4.69, 9.17) is 0 Å². The maximum absolute atomic E-state index is 9.93. The molecule has 0 aromatic carbocycles. The highest BCUT2D eigenvalue weighted by molar-refractivity contribution is 5.07. The van der Waals surface area contributed by atoms with Crippen molar-refractivity contribution in [2.24, 2.45) is 0 Å². The van der Waals surface area contributed by atoms with Gasteiger partial charge >= 0.3 is 0 Å². The second-order valence-electron chi connectivity index (χ2n) is 10.4. The second kappa shape index (κ2) is 17.1. The van der Waals surface area contributed by atoms with Gasteiger partial charge in [-0.05, 0) is 120 Å². The van der Waals surface area contributed by atoms with Gasteiger partial charge in [-0.25, -0.2) is 0 Å². The summed E-state index contributed by atoms with van der Waals surface area (Å²) in [4.78, 5) is 0. The Hall–Kier alpha value is -1.38. The van der Waals surface area contributed by atoms with Crippen LogP contribution in [0.4, 0.5) is 0 Å². The van der Waals surface area contributed by atoms with Gasteiger partial charge in [-0.2, -0.15) is 0 Å². The van der Waals surface area contributed by atoms with Crippen molar-refractivity contribution in [2.75, 3.05) is 0 Å². The van der Waals surface area contributed by atoms with Crippen LogP contribution >= 0.6 is 0 Å². The number of aliphatic hydroxyl groups excluding tert-OH is 1. The van der Waals surface area contributed by atoms with Gasteiger partial charge in [0.05, 0.1) is 11.7 Å². The number of aliphatic hydroxyl groups is 2. The average Bonchev–Trinajstić information content (AvgIpc) is 2.68. The molecule has 1 atom stereocenters. The van der Waals surface area contributed by atoms with Crippen molar-refractivity contribution in [3.05, 3.63) is 58.2 Å². The largest absolute Gasteiger partial charge is 0.390 e. The fraction of sp³-hybridized carbons (Fsp3) is 0.667. The van der Waals surface area contributed by atoms with E-state index in [1.54, 1.807) is 13.8 Å². The molecule has 0 amide bonds. The summed E-state index contributed by atoms with van der Waals surface area (Å²) in [7, 11) is 0. The van der Waals surface area contributed by atoms with Crippen LogP contribution in [-0.4, -0.2) is 21.9 Å². The summed E-state index contributed by atoms with van der Waals surface area (Å²) in [6.07, 6.45) is 21.5. The molecular formula is C30H52O2. The van der Waals surface area contributed by atoms with Gasteiger partial charge in [0, 0.05) is 0 Å². The molecule has 0 heterocycles. The lowest BCUT2D eigenvalue weighted by molar-refractivity contribution is -0.0509. The Morgan fingerprint density at radius 2 is 0.938 bits per heavy atom. The van der Waals surface area contributed by atoms with Crippen LogP contribution in [0, 0.1) is 0 Å². The lowest BCUT2D eigenvalue weighted by Gasteiger charge is -2.24. The molecule has 0 saturated heterocycles. The molecule has 0 aromatic heterocycles. The van der Waals surface area contributed by atoms with Gasteiger partial charge in [-0.1, -0.05) is 58.2 Å². The number of allylic oxidation sites excluding steroid dienone is 10. The molecule has 0 rings (SSSR count). The topological polar surface area (TPSA) is 40.5 Å². The van der Waals surface area contributed by atoms with Crippen LogP contribution in [0.25, 0.3) is 0 Å². The lowest BCUT2D eigenvalue weighted by Crippen LogP contribution is -2.35. The molecule has 0 fully saturated rings. The molecule has 2 N–H and O–H groups in total. The van der Waals surface area contributed by atoms with Crippen molar-refractivity contribution in [2.45, 2.75) is 131 Å². The first-order valence-electron chi connectivity index (χ1n) is 12.6. The molecule has 0 radical (unpaired) electrons. The summed E-state index contributed by atoms with van der Waals surface area (Å²) < 4.78 is 0. The number of hydrogen-bond acceptors (Lipinski definition) is 2. The zero-order chi connectivity index (χ0) is 24.6. The Morgan fingerprint density at radius 1 is 0.594 bits per heavy atom. The van der Waals surface area contributed by atoms with Gasteiger partial charge in [0.25, 0.3) is 0 Å². The highest BCUT2D eigenvalue weighted by Gasteiger charge is 2.23. The number of unbranched alkanes of at least 4 members (excludes halogenated alkanes) is 1. The predicted octanol–water partition coefficient (Wildman–Crippen LogP) is 8.77. The predicted molar refractivity (Wildman–Crippen MR) is 143 cm³/mol. The van der Waals surface area contributed by atoms with Gasteiger partial charge < -0.3 is 10.2 Å². The van der Waals surface area contributed by atoms with E-state index in [-0.39, 0.29) is 0 Å². The zero-order valence-corrected chi connectivity index (χ0v) is 22.4. The van der Waals surface area contributed by atoms with Crippen LogP contribution in [0.5, 0.6) is 0 Å². The third-order valence-electron chi connectivity index (χ3n) is 5.93. The zero-order valence-electron chi connectivity index (χ0n) is 22.4. The molecule has 0 unspecified atom stereocenters. The van der Waals surface area contributed by atoms with Crippen LogP contribution < -0.4 is 0 Å². The highest BCUT2D eigenvalue weighted by Crippen LogP contribution is 2.18. The summed E-state index contributed by atoms with van der Waals surface area (Å²) >= 11 is 0. The van der Waals surface area contributed by atoms with Crippen molar-refractivity contribution < 1.29 is 10.2 Å². The van der Waals surface area contributed by atoms with Crippen LogP contribution in [0.2, 0.25) is 0 Å². The minimum atomic E-state index is -1.02. The van der Waals surface area contributed by atoms with Gasteiger partial charge in [0.2, 0.25) is 0 Å². The van der Waals surface area contributed by atoms with Gasteiger partial charge in [0.15, 0.2) is 0 Å². The summed E-state index contributed by atoms with van der Waals surface area (Å²) in [6, 6.07) is 0. The number of rotatable bonds is 16. The molecule has 0 aromatic rings. The fourth-order valence-electron chi connectivity index (χ4n) is 3.47. The van der Waals surface area contributed by atoms with Crippen LogP contribution in [-0.2, 0) is 0 Å². The highest BCUT2D eigenvalue weighted by atomic mass is 16.3.